The number of benzene rings is 1. The highest BCUT2D eigenvalue weighted by atomic mass is 31.1. The molecule has 0 N–H and O–H groups in total. The Bertz CT molecular complexity index is 477. The van der Waals surface area contributed by atoms with E-state index in [1.54, 1.807) is 5.80 Å². The Morgan fingerprint density at radius 3 is 2.50 bits per heavy atom. The second-order valence-electron chi connectivity index (χ2n) is 3.53. The van der Waals surface area contributed by atoms with Crippen LogP contribution in [0.15, 0.2) is 60.4 Å². The second-order valence-corrected chi connectivity index (χ2v) is 5.06. The Kier molecular flexibility index (Phi) is 3.87. The minimum absolute atomic E-state index is 0.755. The highest BCUT2D eigenvalue weighted by molar-refractivity contribution is 7.42. The van der Waals surface area contributed by atoms with E-state index in [4.69, 9.17) is 0 Å². The predicted molar refractivity (Wildman–Crippen MR) is 68.1 cm³/mol. The van der Waals surface area contributed by atoms with Gasteiger partial charge in [0, 0.05) is 6.42 Å². The fourth-order valence-corrected chi connectivity index (χ4v) is 2.47. The van der Waals surface area contributed by atoms with Crippen molar-refractivity contribution in [3.05, 3.63) is 71.3 Å². The summed E-state index contributed by atoms with van der Waals surface area (Å²) in [6.45, 7) is 0. The van der Waals surface area contributed by atoms with Crippen LogP contribution in [0.4, 0.5) is 0 Å². The molecule has 0 saturated heterocycles. The fraction of sp³-hybridized carbons (Fsp3) is 0.0714. The zero-order chi connectivity index (χ0) is 11.2. The molecular weight excluding hydrogens is 215 g/mol. The summed E-state index contributed by atoms with van der Waals surface area (Å²) in [5.41, 5.74) is 1.17. The lowest BCUT2D eigenvalue weighted by Gasteiger charge is -1.96. The normalized spacial score (nSPS) is 11.9. The van der Waals surface area contributed by atoms with Gasteiger partial charge in [-0.3, -0.25) is 0 Å². The van der Waals surface area contributed by atoms with E-state index >= 15 is 0 Å². The molecule has 0 radical (unpaired) electrons. The second kappa shape index (κ2) is 5.60. The van der Waals surface area contributed by atoms with Crippen LogP contribution in [0.5, 0.6) is 0 Å². The minimum Gasteiger partial charge on any atom is -0.626 e. The maximum atomic E-state index is 11.6. The van der Waals surface area contributed by atoms with Gasteiger partial charge in [-0.25, -0.2) is 0 Å². The zero-order valence-corrected chi connectivity index (χ0v) is 9.81. The third-order valence-electron chi connectivity index (χ3n) is 2.34. The van der Waals surface area contributed by atoms with Crippen LogP contribution in [0.25, 0.3) is 6.08 Å². The van der Waals surface area contributed by atoms with Crippen LogP contribution in [-0.4, -0.2) is 0 Å². The van der Waals surface area contributed by atoms with Crippen molar-refractivity contribution in [2.45, 2.75) is 6.42 Å². The monoisotopic (exact) mass is 228 g/mol. The van der Waals surface area contributed by atoms with E-state index in [2.05, 4.69) is 24.3 Å². The summed E-state index contributed by atoms with van der Waals surface area (Å²) in [5, 5.41) is 0.990. The van der Waals surface area contributed by atoms with Gasteiger partial charge in [0.2, 0.25) is 0 Å². The first-order valence-corrected chi connectivity index (χ1v) is 6.58. The van der Waals surface area contributed by atoms with Crippen LogP contribution in [-0.2, 0) is 6.42 Å². The first-order chi connectivity index (χ1) is 7.86. The smallest absolute Gasteiger partial charge is 0.125 e. The molecule has 2 heteroatoms. The van der Waals surface area contributed by atoms with Crippen LogP contribution in [0.3, 0.4) is 0 Å². The van der Waals surface area contributed by atoms with Gasteiger partial charge >= 0.3 is 0 Å². The summed E-state index contributed by atoms with van der Waals surface area (Å²) in [5.74, 6) is 1.75. The molecule has 0 saturated carbocycles. The van der Waals surface area contributed by atoms with Gasteiger partial charge in [0.15, 0.2) is 0 Å². The molecule has 0 aliphatic carbocycles. The van der Waals surface area contributed by atoms with Gasteiger partial charge < -0.3 is 4.89 Å². The van der Waals surface area contributed by atoms with Crippen LogP contribution in [0.2, 0.25) is 0 Å². The quantitative estimate of drug-likeness (QED) is 0.790. The van der Waals surface area contributed by atoms with Crippen LogP contribution >= 0.6 is 7.76 Å². The third-order valence-corrected chi connectivity index (χ3v) is 3.68. The van der Waals surface area contributed by atoms with Gasteiger partial charge in [-0.05, 0) is 17.7 Å². The molecule has 0 bridgehead atoms. The van der Waals surface area contributed by atoms with Gasteiger partial charge in [-0.15, -0.1) is 0 Å². The van der Waals surface area contributed by atoms with Gasteiger partial charge in [0.25, 0.3) is 0 Å². The molecule has 0 aliphatic heterocycles. The van der Waals surface area contributed by atoms with Crippen LogP contribution in [0.1, 0.15) is 10.9 Å². The number of hydrogen-bond acceptors (Lipinski definition) is 1. The van der Waals surface area contributed by atoms with E-state index in [0.29, 0.717) is 0 Å². The molecule has 80 valence electrons. The maximum Gasteiger partial charge on any atom is 0.125 e. The molecule has 1 aromatic heterocycles. The van der Waals surface area contributed by atoms with E-state index < -0.39 is 7.76 Å². The number of allylic oxidation sites excluding steroid dienone is 1. The highest BCUT2D eigenvalue weighted by Crippen LogP contribution is 2.23. The van der Waals surface area contributed by atoms with Gasteiger partial charge in [0.05, 0.1) is 7.76 Å². The molecule has 2 aromatic rings. The molecule has 1 nitrogen and oxygen atoms in total. The van der Waals surface area contributed by atoms with E-state index in [-0.39, 0.29) is 0 Å². The molecular formula is C14H13OP. The van der Waals surface area contributed by atoms with Crippen LogP contribution in [0, 0.1) is 0 Å². The van der Waals surface area contributed by atoms with Crippen molar-refractivity contribution in [1.82, 2.24) is 0 Å². The molecule has 1 heterocycles. The van der Waals surface area contributed by atoms with Crippen molar-refractivity contribution in [3.63, 3.8) is 0 Å². The molecule has 1 atom stereocenters. The molecule has 16 heavy (non-hydrogen) atoms. The minimum atomic E-state index is -1.29. The van der Waals surface area contributed by atoms with Gasteiger partial charge in [-0.1, -0.05) is 48.6 Å². The van der Waals surface area contributed by atoms with E-state index in [0.717, 1.165) is 11.7 Å². The standard InChI is InChI=1S/C14H13OP/c15-16-12-5-4-10-14(16)11-6-9-13-7-2-1-3-8-13/h1-10,12H,11H2. The summed E-state index contributed by atoms with van der Waals surface area (Å²) in [6, 6.07) is 15.8. The predicted octanol–water partition coefficient (Wildman–Crippen LogP) is 3.33. The van der Waals surface area contributed by atoms with Crippen molar-refractivity contribution in [3.8, 4) is 0 Å². The average Bonchev–Trinajstić information content (AvgIpc) is 2.33. The average molecular weight is 228 g/mol. The molecule has 2 rings (SSSR count). The Morgan fingerprint density at radius 2 is 1.75 bits per heavy atom. The Labute approximate surface area is 96.9 Å². The van der Waals surface area contributed by atoms with E-state index in [1.165, 1.54) is 5.56 Å². The largest absolute Gasteiger partial charge is 0.626 e. The van der Waals surface area contributed by atoms with Crippen molar-refractivity contribution in [2.24, 2.45) is 0 Å². The Morgan fingerprint density at radius 1 is 1.00 bits per heavy atom. The summed E-state index contributed by atoms with van der Waals surface area (Å²) in [4.78, 5) is 11.6. The number of rotatable bonds is 3. The number of hydrogen-bond donors (Lipinski definition) is 0. The van der Waals surface area contributed by atoms with Crippen molar-refractivity contribution >= 4 is 13.8 Å². The molecule has 0 aliphatic rings. The molecule has 1 aromatic carbocycles. The summed E-state index contributed by atoms with van der Waals surface area (Å²) < 4.78 is 0. The van der Waals surface area contributed by atoms with Crippen molar-refractivity contribution in [2.75, 3.05) is 0 Å². The fourth-order valence-electron chi connectivity index (χ4n) is 1.50. The summed E-state index contributed by atoms with van der Waals surface area (Å²) in [7, 11) is -1.29. The van der Waals surface area contributed by atoms with Gasteiger partial charge in [0.1, 0.15) is 11.1 Å². The lowest BCUT2D eigenvalue weighted by atomic mass is 10.2. The van der Waals surface area contributed by atoms with E-state index in [1.807, 2.05) is 36.4 Å². The Hall–Kier alpha value is -1.43. The molecule has 0 fully saturated rings. The Balaban J connectivity index is 2.03. The highest BCUT2D eigenvalue weighted by Gasteiger charge is 1.99. The lowest BCUT2D eigenvalue weighted by molar-refractivity contribution is -0.150. The molecule has 0 amide bonds. The first kappa shape index (κ1) is 11.1. The maximum absolute atomic E-state index is 11.6. The summed E-state index contributed by atoms with van der Waals surface area (Å²) in [6.07, 6.45) is 4.87. The topological polar surface area (TPSA) is 23.1 Å². The summed E-state index contributed by atoms with van der Waals surface area (Å²) >= 11 is 0. The third kappa shape index (κ3) is 3.03. The van der Waals surface area contributed by atoms with Crippen molar-refractivity contribution < 1.29 is 4.89 Å². The molecule has 0 spiro atoms. The van der Waals surface area contributed by atoms with Crippen LogP contribution < -0.4 is 4.89 Å². The van der Waals surface area contributed by atoms with Gasteiger partial charge in [-0.2, -0.15) is 0 Å². The zero-order valence-electron chi connectivity index (χ0n) is 8.91. The van der Waals surface area contributed by atoms with E-state index in [9.17, 15) is 4.89 Å². The lowest BCUT2D eigenvalue weighted by Crippen LogP contribution is -1.89. The SMILES string of the molecule is [O-][p+]1ccccc1CC=Cc1ccccc1. The molecule has 1 unspecified atom stereocenters. The first-order valence-electron chi connectivity index (χ1n) is 5.25. The van der Waals surface area contributed by atoms with Crippen molar-refractivity contribution in [1.29, 1.82) is 0 Å².